The monoisotopic (exact) mass is 258 g/mol. The highest BCUT2D eigenvalue weighted by atomic mass is 16.5. The normalized spacial score (nSPS) is 28.1. The number of hydrogen-bond donors (Lipinski definition) is 2. The second-order valence-electron chi connectivity index (χ2n) is 5.21. The van der Waals surface area contributed by atoms with Crippen molar-refractivity contribution in [1.29, 1.82) is 0 Å². The molecule has 2 N–H and O–H groups in total. The lowest BCUT2D eigenvalue weighted by Gasteiger charge is -2.26. The Hall–Kier alpha value is -1.81. The molecule has 1 aliphatic heterocycles. The summed E-state index contributed by atoms with van der Waals surface area (Å²) in [7, 11) is 0. The van der Waals surface area contributed by atoms with E-state index in [0.29, 0.717) is 11.4 Å². The molecule has 1 aliphatic carbocycles. The van der Waals surface area contributed by atoms with Gasteiger partial charge in [-0.2, -0.15) is 0 Å². The van der Waals surface area contributed by atoms with Crippen LogP contribution in [0.3, 0.4) is 0 Å². The van der Waals surface area contributed by atoms with Crippen LogP contribution in [0.1, 0.15) is 36.0 Å². The highest BCUT2D eigenvalue weighted by molar-refractivity contribution is 6.04. The van der Waals surface area contributed by atoms with Gasteiger partial charge in [0.2, 0.25) is 0 Å². The summed E-state index contributed by atoms with van der Waals surface area (Å²) in [5.74, 6) is 0.451. The van der Waals surface area contributed by atoms with E-state index < -0.39 is 0 Å². The first-order chi connectivity index (χ1) is 9.25. The molecule has 2 aliphatic rings. The number of allylic oxidation sites excluding steroid dienone is 1. The minimum Gasteiger partial charge on any atom is -0.365 e. The van der Waals surface area contributed by atoms with Gasteiger partial charge in [0.05, 0.1) is 12.1 Å². The van der Waals surface area contributed by atoms with Gasteiger partial charge in [0.1, 0.15) is 5.82 Å². The summed E-state index contributed by atoms with van der Waals surface area (Å²) in [4.78, 5) is 12.1. The van der Waals surface area contributed by atoms with Crippen LogP contribution in [-0.4, -0.2) is 28.1 Å². The van der Waals surface area contributed by atoms with Crippen molar-refractivity contribution in [3.63, 3.8) is 0 Å². The fourth-order valence-electron chi connectivity index (χ4n) is 2.92. The van der Waals surface area contributed by atoms with Gasteiger partial charge in [-0.25, -0.2) is 5.06 Å². The number of fused-ring (bicyclic) bond motifs is 1. The lowest BCUT2D eigenvalue weighted by molar-refractivity contribution is -0.0841. The van der Waals surface area contributed by atoms with Crippen LogP contribution in [0.25, 0.3) is 0 Å². The van der Waals surface area contributed by atoms with E-state index in [9.17, 15) is 10.0 Å². The summed E-state index contributed by atoms with van der Waals surface area (Å²) >= 11 is 0. The molecule has 1 aromatic carbocycles. The van der Waals surface area contributed by atoms with Gasteiger partial charge < -0.3 is 5.32 Å². The van der Waals surface area contributed by atoms with Crippen molar-refractivity contribution in [2.45, 2.75) is 37.8 Å². The van der Waals surface area contributed by atoms with Crippen molar-refractivity contribution in [3.8, 4) is 0 Å². The molecular formula is C15H18N2O2. The second kappa shape index (κ2) is 5.05. The van der Waals surface area contributed by atoms with Crippen LogP contribution >= 0.6 is 0 Å². The van der Waals surface area contributed by atoms with E-state index in [1.165, 1.54) is 17.6 Å². The van der Waals surface area contributed by atoms with E-state index in [1.54, 1.807) is 12.1 Å². The molecule has 4 nitrogen and oxygen atoms in total. The first-order valence-corrected chi connectivity index (χ1v) is 6.81. The summed E-state index contributed by atoms with van der Waals surface area (Å²) < 4.78 is 0. The van der Waals surface area contributed by atoms with Gasteiger partial charge in [0.15, 0.2) is 5.78 Å². The number of carbonyl (C=O) groups excluding carboxylic acids is 1. The maximum absolute atomic E-state index is 12.1. The van der Waals surface area contributed by atoms with Crippen LogP contribution in [0.4, 0.5) is 0 Å². The average Bonchev–Trinajstić information content (AvgIpc) is 2.77. The standard InChI is InChI=1S/C15H18N2O2/c18-14(11-6-2-1-3-7-11)10-15-16-12-8-4-5-9-13(12)17(15)19/h1-3,6-7,10,12-13,16,19H,4-5,8-9H2. The molecule has 19 heavy (non-hydrogen) atoms. The number of carbonyl (C=O) groups is 1. The van der Waals surface area contributed by atoms with Crippen LogP contribution in [-0.2, 0) is 0 Å². The predicted molar refractivity (Wildman–Crippen MR) is 71.7 cm³/mol. The lowest BCUT2D eigenvalue weighted by atomic mass is 9.92. The second-order valence-corrected chi connectivity index (χ2v) is 5.21. The topological polar surface area (TPSA) is 52.6 Å². The maximum Gasteiger partial charge on any atom is 0.189 e. The molecule has 0 spiro atoms. The number of ketones is 1. The van der Waals surface area contributed by atoms with Crippen LogP contribution in [0, 0.1) is 0 Å². The fourth-order valence-corrected chi connectivity index (χ4v) is 2.92. The van der Waals surface area contributed by atoms with Gasteiger partial charge in [-0.15, -0.1) is 0 Å². The van der Waals surface area contributed by atoms with Crippen molar-refractivity contribution in [1.82, 2.24) is 10.4 Å². The lowest BCUT2D eigenvalue weighted by Crippen LogP contribution is -2.37. The molecule has 100 valence electrons. The van der Waals surface area contributed by atoms with Crippen molar-refractivity contribution in [3.05, 3.63) is 47.8 Å². The molecule has 3 rings (SSSR count). The van der Waals surface area contributed by atoms with Gasteiger partial charge in [0, 0.05) is 11.6 Å². The van der Waals surface area contributed by atoms with Crippen molar-refractivity contribution < 1.29 is 10.0 Å². The third kappa shape index (κ3) is 2.36. The molecule has 2 fully saturated rings. The van der Waals surface area contributed by atoms with E-state index in [0.717, 1.165) is 19.3 Å². The number of hydrogen-bond acceptors (Lipinski definition) is 4. The zero-order chi connectivity index (χ0) is 13.2. The van der Waals surface area contributed by atoms with Gasteiger partial charge >= 0.3 is 0 Å². The molecule has 2 atom stereocenters. The molecular weight excluding hydrogens is 240 g/mol. The Kier molecular flexibility index (Phi) is 3.25. The number of hydroxylamine groups is 2. The van der Waals surface area contributed by atoms with Gasteiger partial charge in [-0.1, -0.05) is 43.2 Å². The van der Waals surface area contributed by atoms with Crippen LogP contribution in [0.15, 0.2) is 42.2 Å². The van der Waals surface area contributed by atoms with E-state index in [-0.39, 0.29) is 17.9 Å². The quantitative estimate of drug-likeness (QED) is 0.631. The van der Waals surface area contributed by atoms with E-state index >= 15 is 0 Å². The first-order valence-electron chi connectivity index (χ1n) is 6.81. The molecule has 1 saturated heterocycles. The Morgan fingerprint density at radius 3 is 2.74 bits per heavy atom. The highest BCUT2D eigenvalue weighted by Crippen LogP contribution is 2.29. The zero-order valence-corrected chi connectivity index (χ0v) is 10.7. The third-order valence-corrected chi connectivity index (χ3v) is 3.95. The summed E-state index contributed by atoms with van der Waals surface area (Å²) in [6.07, 6.45) is 5.85. The molecule has 0 aromatic heterocycles. The average molecular weight is 258 g/mol. The summed E-state index contributed by atoms with van der Waals surface area (Å²) in [5, 5.41) is 14.6. The Morgan fingerprint density at radius 2 is 2.00 bits per heavy atom. The Morgan fingerprint density at radius 1 is 1.26 bits per heavy atom. The number of nitrogens with one attached hydrogen (secondary N) is 1. The zero-order valence-electron chi connectivity index (χ0n) is 10.7. The van der Waals surface area contributed by atoms with E-state index in [2.05, 4.69) is 5.32 Å². The molecule has 1 saturated carbocycles. The van der Waals surface area contributed by atoms with Gasteiger partial charge in [-0.05, 0) is 12.8 Å². The summed E-state index contributed by atoms with van der Waals surface area (Å²) in [5.41, 5.74) is 0.639. The molecule has 0 amide bonds. The van der Waals surface area contributed by atoms with Crippen LogP contribution in [0.2, 0.25) is 0 Å². The van der Waals surface area contributed by atoms with Crippen molar-refractivity contribution in [2.75, 3.05) is 0 Å². The van der Waals surface area contributed by atoms with Gasteiger partial charge in [0.25, 0.3) is 0 Å². The largest absolute Gasteiger partial charge is 0.365 e. The SMILES string of the molecule is O=C(C=C1NC2CCCCC2N1O)c1ccccc1. The minimum atomic E-state index is -0.0826. The minimum absolute atomic E-state index is 0.0826. The Labute approximate surface area is 112 Å². The molecule has 2 unspecified atom stereocenters. The molecule has 0 bridgehead atoms. The van der Waals surface area contributed by atoms with Crippen LogP contribution < -0.4 is 5.32 Å². The van der Waals surface area contributed by atoms with Crippen LogP contribution in [0.5, 0.6) is 0 Å². The van der Waals surface area contributed by atoms with E-state index in [1.807, 2.05) is 18.2 Å². The fraction of sp³-hybridized carbons (Fsp3) is 0.400. The third-order valence-electron chi connectivity index (χ3n) is 3.95. The number of benzene rings is 1. The van der Waals surface area contributed by atoms with Crippen molar-refractivity contribution >= 4 is 5.78 Å². The Balaban J connectivity index is 1.79. The Bertz CT molecular complexity index is 498. The number of rotatable bonds is 2. The number of nitrogens with zero attached hydrogens (tertiary/aromatic N) is 1. The molecule has 0 radical (unpaired) electrons. The first kappa shape index (κ1) is 12.2. The van der Waals surface area contributed by atoms with Gasteiger partial charge in [-0.3, -0.25) is 10.0 Å². The molecule has 1 heterocycles. The predicted octanol–water partition coefficient (Wildman–Crippen LogP) is 2.32. The van der Waals surface area contributed by atoms with Crippen molar-refractivity contribution in [2.24, 2.45) is 0 Å². The molecule has 1 aromatic rings. The summed E-state index contributed by atoms with van der Waals surface area (Å²) in [6, 6.07) is 9.50. The maximum atomic E-state index is 12.1. The summed E-state index contributed by atoms with van der Waals surface area (Å²) in [6.45, 7) is 0. The molecule has 4 heteroatoms. The highest BCUT2D eigenvalue weighted by Gasteiger charge is 2.37. The van der Waals surface area contributed by atoms with E-state index in [4.69, 9.17) is 0 Å². The smallest absolute Gasteiger partial charge is 0.189 e.